The van der Waals surface area contributed by atoms with Gasteiger partial charge in [-0.1, -0.05) is 17.7 Å². The van der Waals surface area contributed by atoms with Crippen molar-refractivity contribution in [2.75, 3.05) is 18.4 Å². The number of aryl methyl sites for hydroxylation is 1. The minimum absolute atomic E-state index is 0.0104. The van der Waals surface area contributed by atoms with E-state index in [4.69, 9.17) is 11.6 Å². The zero-order valence-electron chi connectivity index (χ0n) is 14.9. The first-order valence-corrected chi connectivity index (χ1v) is 9.78. The van der Waals surface area contributed by atoms with E-state index in [0.29, 0.717) is 10.9 Å². The van der Waals surface area contributed by atoms with Gasteiger partial charge in [0.25, 0.3) is 0 Å². The summed E-state index contributed by atoms with van der Waals surface area (Å²) >= 11 is 6.02. The van der Waals surface area contributed by atoms with Gasteiger partial charge in [0.05, 0.1) is 0 Å². The average Bonchev–Trinajstić information content (AvgIpc) is 2.65. The number of likely N-dealkylation sites (tertiary alicyclic amines) is 1. The van der Waals surface area contributed by atoms with E-state index in [-0.39, 0.29) is 17.7 Å². The highest BCUT2D eigenvalue weighted by atomic mass is 35.5. The normalized spacial score (nSPS) is 24.0. The topological polar surface area (TPSA) is 49.4 Å². The van der Waals surface area contributed by atoms with Crippen LogP contribution < -0.4 is 5.32 Å². The molecule has 0 atom stereocenters. The van der Waals surface area contributed by atoms with Crippen LogP contribution in [-0.4, -0.2) is 29.8 Å². The number of nitrogens with zero attached hydrogens (tertiary/aromatic N) is 1. The van der Waals surface area contributed by atoms with Gasteiger partial charge in [0, 0.05) is 35.6 Å². The standard InChI is InChI=1S/C20H27ClN2O2/c1-14-5-10-17(21)13-18(14)22-19(24)15-6-8-16(9-7-15)20(25)23-11-3-2-4-12-23/h5,10,13,15-16H,2-4,6-9,11-12H2,1H3,(H,22,24). The van der Waals surface area contributed by atoms with Crippen LogP contribution in [0.4, 0.5) is 5.69 Å². The number of benzene rings is 1. The Kier molecular flexibility index (Phi) is 6.00. The summed E-state index contributed by atoms with van der Waals surface area (Å²) in [5.74, 6) is 0.456. The first-order chi connectivity index (χ1) is 12.0. The molecule has 25 heavy (non-hydrogen) atoms. The molecule has 1 saturated heterocycles. The quantitative estimate of drug-likeness (QED) is 0.866. The Morgan fingerprint density at radius 3 is 2.36 bits per heavy atom. The third-order valence-electron chi connectivity index (χ3n) is 5.57. The van der Waals surface area contributed by atoms with Gasteiger partial charge in [-0.05, 0) is 69.6 Å². The summed E-state index contributed by atoms with van der Waals surface area (Å²) in [5.41, 5.74) is 1.79. The van der Waals surface area contributed by atoms with Gasteiger partial charge in [0.2, 0.25) is 11.8 Å². The number of rotatable bonds is 3. The Bertz CT molecular complexity index is 633. The molecule has 2 aliphatic rings. The van der Waals surface area contributed by atoms with Gasteiger partial charge >= 0.3 is 0 Å². The second-order valence-corrected chi connectivity index (χ2v) is 7.82. The zero-order valence-corrected chi connectivity index (χ0v) is 15.6. The molecule has 1 heterocycles. The number of carbonyl (C=O) groups is 2. The smallest absolute Gasteiger partial charge is 0.227 e. The van der Waals surface area contributed by atoms with Crippen LogP contribution >= 0.6 is 11.6 Å². The lowest BCUT2D eigenvalue weighted by Gasteiger charge is -2.33. The molecule has 0 unspecified atom stereocenters. The van der Waals surface area contributed by atoms with Gasteiger partial charge in [-0.25, -0.2) is 0 Å². The van der Waals surface area contributed by atoms with Crippen LogP contribution in [0.15, 0.2) is 18.2 Å². The molecule has 5 heteroatoms. The SMILES string of the molecule is Cc1ccc(Cl)cc1NC(=O)C1CCC(C(=O)N2CCCCC2)CC1. The fourth-order valence-electron chi connectivity index (χ4n) is 3.94. The largest absolute Gasteiger partial charge is 0.342 e. The fraction of sp³-hybridized carbons (Fsp3) is 0.600. The number of halogens is 1. The van der Waals surface area contributed by atoms with Gasteiger partial charge < -0.3 is 10.2 Å². The predicted octanol–water partition coefficient (Wildman–Crippen LogP) is 4.41. The average molecular weight is 363 g/mol. The Balaban J connectivity index is 1.52. The van der Waals surface area contributed by atoms with Crippen LogP contribution in [-0.2, 0) is 9.59 Å². The van der Waals surface area contributed by atoms with Crippen molar-refractivity contribution in [2.45, 2.75) is 51.9 Å². The van der Waals surface area contributed by atoms with Crippen LogP contribution in [0.3, 0.4) is 0 Å². The third kappa shape index (κ3) is 4.55. The van der Waals surface area contributed by atoms with E-state index in [1.165, 1.54) is 6.42 Å². The summed E-state index contributed by atoms with van der Waals surface area (Å²) in [4.78, 5) is 27.2. The minimum Gasteiger partial charge on any atom is -0.342 e. The lowest BCUT2D eigenvalue weighted by molar-refractivity contribution is -0.138. The van der Waals surface area contributed by atoms with Crippen LogP contribution in [0.2, 0.25) is 5.02 Å². The van der Waals surface area contributed by atoms with Crippen LogP contribution in [0.1, 0.15) is 50.5 Å². The number of hydrogen-bond donors (Lipinski definition) is 1. The molecular weight excluding hydrogens is 336 g/mol. The summed E-state index contributed by atoms with van der Waals surface area (Å²) in [6.45, 7) is 3.78. The number of nitrogens with one attached hydrogen (secondary N) is 1. The van der Waals surface area contributed by atoms with Crippen molar-refractivity contribution in [3.63, 3.8) is 0 Å². The lowest BCUT2D eigenvalue weighted by atomic mass is 9.80. The van der Waals surface area contributed by atoms with E-state index >= 15 is 0 Å². The molecule has 4 nitrogen and oxygen atoms in total. The molecule has 0 bridgehead atoms. The van der Waals surface area contributed by atoms with Gasteiger partial charge in [-0.3, -0.25) is 9.59 Å². The molecule has 2 amide bonds. The van der Waals surface area contributed by atoms with E-state index in [1.54, 1.807) is 6.07 Å². The second kappa shape index (κ2) is 8.22. The van der Waals surface area contributed by atoms with Crippen molar-refractivity contribution in [1.82, 2.24) is 4.90 Å². The van der Waals surface area contributed by atoms with Gasteiger partial charge in [0.1, 0.15) is 0 Å². The monoisotopic (exact) mass is 362 g/mol. The summed E-state index contributed by atoms with van der Waals surface area (Å²) in [6.07, 6.45) is 6.71. The second-order valence-electron chi connectivity index (χ2n) is 7.38. The highest BCUT2D eigenvalue weighted by Crippen LogP contribution is 2.32. The van der Waals surface area contributed by atoms with Crippen molar-refractivity contribution in [3.8, 4) is 0 Å². The molecule has 136 valence electrons. The van der Waals surface area contributed by atoms with E-state index in [1.807, 2.05) is 24.0 Å². The maximum Gasteiger partial charge on any atom is 0.227 e. The molecule has 0 radical (unpaired) electrons. The van der Waals surface area contributed by atoms with Gasteiger partial charge in [-0.2, -0.15) is 0 Å². The molecule has 3 rings (SSSR count). The van der Waals surface area contributed by atoms with Gasteiger partial charge in [0.15, 0.2) is 0 Å². The van der Waals surface area contributed by atoms with Crippen molar-refractivity contribution in [3.05, 3.63) is 28.8 Å². The molecule has 0 spiro atoms. The Morgan fingerprint density at radius 2 is 1.68 bits per heavy atom. The molecule has 2 fully saturated rings. The molecule has 1 N–H and O–H groups in total. The highest BCUT2D eigenvalue weighted by Gasteiger charge is 2.32. The molecule has 1 aliphatic carbocycles. The number of hydrogen-bond acceptors (Lipinski definition) is 2. The van der Waals surface area contributed by atoms with E-state index in [0.717, 1.165) is 62.9 Å². The van der Waals surface area contributed by atoms with Crippen molar-refractivity contribution < 1.29 is 9.59 Å². The zero-order chi connectivity index (χ0) is 17.8. The van der Waals surface area contributed by atoms with E-state index in [2.05, 4.69) is 5.32 Å². The molecule has 1 aliphatic heterocycles. The van der Waals surface area contributed by atoms with Crippen LogP contribution in [0, 0.1) is 18.8 Å². The number of piperidine rings is 1. The first kappa shape index (κ1) is 18.2. The Morgan fingerprint density at radius 1 is 1.04 bits per heavy atom. The summed E-state index contributed by atoms with van der Waals surface area (Å²) in [5, 5.41) is 3.63. The maximum atomic E-state index is 12.6. The van der Waals surface area contributed by atoms with Gasteiger partial charge in [-0.15, -0.1) is 0 Å². The van der Waals surface area contributed by atoms with Crippen molar-refractivity contribution >= 4 is 29.1 Å². The Hall–Kier alpha value is -1.55. The highest BCUT2D eigenvalue weighted by molar-refractivity contribution is 6.31. The maximum absolute atomic E-state index is 12.6. The first-order valence-electron chi connectivity index (χ1n) is 9.40. The molecule has 1 aromatic rings. The summed E-state index contributed by atoms with van der Waals surface area (Å²) in [6, 6.07) is 5.52. The number of carbonyl (C=O) groups excluding carboxylic acids is 2. The van der Waals surface area contributed by atoms with Crippen molar-refractivity contribution in [1.29, 1.82) is 0 Å². The molecule has 1 aromatic carbocycles. The van der Waals surface area contributed by atoms with Crippen molar-refractivity contribution in [2.24, 2.45) is 11.8 Å². The molecular formula is C20H27ClN2O2. The third-order valence-corrected chi connectivity index (χ3v) is 5.81. The van der Waals surface area contributed by atoms with Crippen LogP contribution in [0.25, 0.3) is 0 Å². The summed E-state index contributed by atoms with van der Waals surface area (Å²) < 4.78 is 0. The summed E-state index contributed by atoms with van der Waals surface area (Å²) in [7, 11) is 0. The fourth-order valence-corrected chi connectivity index (χ4v) is 4.11. The molecule has 0 aromatic heterocycles. The lowest BCUT2D eigenvalue weighted by Crippen LogP contribution is -2.41. The predicted molar refractivity (Wildman–Crippen MR) is 101 cm³/mol. The van der Waals surface area contributed by atoms with E-state index < -0.39 is 0 Å². The number of anilines is 1. The minimum atomic E-state index is -0.0104. The Labute approximate surface area is 154 Å². The van der Waals surface area contributed by atoms with Crippen LogP contribution in [0.5, 0.6) is 0 Å². The number of amides is 2. The molecule has 1 saturated carbocycles. The van der Waals surface area contributed by atoms with E-state index in [9.17, 15) is 9.59 Å².